The van der Waals surface area contributed by atoms with Crippen LogP contribution in [0.15, 0.2) is 36.7 Å². The number of carbonyl (C=O) groups excluding carboxylic acids is 1. The van der Waals surface area contributed by atoms with Crippen molar-refractivity contribution in [2.24, 2.45) is 7.05 Å². The van der Waals surface area contributed by atoms with Gasteiger partial charge in [0.1, 0.15) is 11.3 Å². The number of aromatic nitrogens is 5. The van der Waals surface area contributed by atoms with Crippen LogP contribution in [-0.2, 0) is 11.8 Å². The van der Waals surface area contributed by atoms with E-state index >= 15 is 0 Å². The van der Waals surface area contributed by atoms with E-state index in [0.717, 1.165) is 0 Å². The summed E-state index contributed by atoms with van der Waals surface area (Å²) < 4.78 is 6.68. The third-order valence-corrected chi connectivity index (χ3v) is 4.13. The van der Waals surface area contributed by atoms with Gasteiger partial charge in [-0.15, -0.1) is 5.10 Å². The minimum atomic E-state index is -1.09. The van der Waals surface area contributed by atoms with Gasteiger partial charge in [-0.05, 0) is 25.1 Å². The summed E-state index contributed by atoms with van der Waals surface area (Å²) in [6.07, 6.45) is 1.34. The van der Waals surface area contributed by atoms with Gasteiger partial charge in [-0.25, -0.2) is 19.3 Å². The van der Waals surface area contributed by atoms with Crippen LogP contribution in [0.2, 0.25) is 5.15 Å². The fourth-order valence-electron chi connectivity index (χ4n) is 2.38. The van der Waals surface area contributed by atoms with Crippen LogP contribution in [0.1, 0.15) is 28.9 Å². The Kier molecular flexibility index (Phi) is 5.50. The van der Waals surface area contributed by atoms with Gasteiger partial charge in [0.15, 0.2) is 11.5 Å². The van der Waals surface area contributed by atoms with Crippen molar-refractivity contribution in [3.8, 4) is 11.4 Å². The van der Waals surface area contributed by atoms with E-state index in [1.807, 2.05) is 0 Å². The van der Waals surface area contributed by atoms with E-state index in [4.69, 9.17) is 21.4 Å². The third kappa shape index (κ3) is 4.07. The SMILES string of the molecule is C[C@@H](OC(=O)Nc1c(-c2ccc(C(=O)O)cn2)nnn1C)c1cccnc1Cl. The van der Waals surface area contributed by atoms with Crippen LogP contribution in [0, 0.1) is 0 Å². The first-order chi connectivity index (χ1) is 13.4. The first-order valence-electron chi connectivity index (χ1n) is 8.04. The zero-order valence-electron chi connectivity index (χ0n) is 14.8. The highest BCUT2D eigenvalue weighted by molar-refractivity contribution is 6.30. The van der Waals surface area contributed by atoms with Crippen LogP contribution >= 0.6 is 11.6 Å². The maximum absolute atomic E-state index is 12.3. The van der Waals surface area contributed by atoms with Crippen molar-refractivity contribution in [1.82, 2.24) is 25.0 Å². The number of ether oxygens (including phenoxy) is 1. The van der Waals surface area contributed by atoms with E-state index in [9.17, 15) is 9.59 Å². The molecule has 144 valence electrons. The zero-order valence-corrected chi connectivity index (χ0v) is 15.6. The molecule has 0 radical (unpaired) electrons. The Hall–Kier alpha value is -3.53. The summed E-state index contributed by atoms with van der Waals surface area (Å²) in [5, 5.41) is 19.6. The molecule has 0 spiro atoms. The summed E-state index contributed by atoms with van der Waals surface area (Å²) in [4.78, 5) is 31.3. The fraction of sp³-hybridized carbons (Fsp3) is 0.176. The Morgan fingerprint density at radius 1 is 1.29 bits per heavy atom. The van der Waals surface area contributed by atoms with Crippen LogP contribution in [0.5, 0.6) is 0 Å². The highest BCUT2D eigenvalue weighted by Crippen LogP contribution is 2.26. The molecule has 11 heteroatoms. The topological polar surface area (TPSA) is 132 Å². The molecule has 2 N–H and O–H groups in total. The van der Waals surface area contributed by atoms with Gasteiger partial charge in [0, 0.05) is 25.0 Å². The van der Waals surface area contributed by atoms with Gasteiger partial charge in [0.25, 0.3) is 0 Å². The van der Waals surface area contributed by atoms with Crippen molar-refractivity contribution in [2.75, 3.05) is 5.32 Å². The minimum Gasteiger partial charge on any atom is -0.478 e. The number of carboxylic acids is 1. The summed E-state index contributed by atoms with van der Waals surface area (Å²) in [5.41, 5.74) is 1.21. The van der Waals surface area contributed by atoms with Gasteiger partial charge < -0.3 is 9.84 Å². The first kappa shape index (κ1) is 19.2. The molecule has 10 nitrogen and oxygen atoms in total. The van der Waals surface area contributed by atoms with Gasteiger partial charge >= 0.3 is 12.1 Å². The van der Waals surface area contributed by atoms with Crippen molar-refractivity contribution in [3.63, 3.8) is 0 Å². The molecule has 0 saturated carbocycles. The van der Waals surface area contributed by atoms with E-state index in [1.54, 1.807) is 26.1 Å². The summed E-state index contributed by atoms with van der Waals surface area (Å²) in [6, 6.07) is 6.25. The lowest BCUT2D eigenvalue weighted by Crippen LogP contribution is -2.18. The highest BCUT2D eigenvalue weighted by atomic mass is 35.5. The molecule has 1 amide bonds. The lowest BCUT2D eigenvalue weighted by atomic mass is 10.2. The van der Waals surface area contributed by atoms with Gasteiger partial charge in [0.05, 0.1) is 11.3 Å². The number of carbonyl (C=O) groups is 2. The molecule has 1 atom stereocenters. The molecule has 0 saturated heterocycles. The van der Waals surface area contributed by atoms with Crippen molar-refractivity contribution in [3.05, 3.63) is 52.9 Å². The number of pyridine rings is 2. The molecule has 3 heterocycles. The molecule has 28 heavy (non-hydrogen) atoms. The smallest absolute Gasteiger partial charge is 0.413 e. The molecule has 0 aliphatic carbocycles. The van der Waals surface area contributed by atoms with E-state index < -0.39 is 18.2 Å². The second-order valence-electron chi connectivity index (χ2n) is 5.70. The summed E-state index contributed by atoms with van der Waals surface area (Å²) in [7, 11) is 1.58. The van der Waals surface area contributed by atoms with E-state index in [1.165, 1.54) is 29.2 Å². The lowest BCUT2D eigenvalue weighted by molar-refractivity contribution is 0.0696. The second kappa shape index (κ2) is 8.01. The fourth-order valence-corrected chi connectivity index (χ4v) is 2.66. The maximum Gasteiger partial charge on any atom is 0.413 e. The highest BCUT2D eigenvalue weighted by Gasteiger charge is 2.20. The standard InChI is InChI=1S/C17H15ClN6O4/c1-9(11-4-3-7-19-14(11)18)28-17(27)21-15-13(22-23-24(15)2)12-6-5-10(8-20-12)16(25)26/h3-9H,1-2H3,(H,21,27)(H,25,26)/t9-/m1/s1. The first-order valence-corrected chi connectivity index (χ1v) is 8.42. The number of aromatic carboxylic acids is 1. The molecular formula is C17H15ClN6O4. The molecule has 3 aromatic rings. The number of nitrogens with zero attached hydrogens (tertiary/aromatic N) is 5. The van der Waals surface area contributed by atoms with E-state index in [-0.39, 0.29) is 22.2 Å². The van der Waals surface area contributed by atoms with Crippen LogP contribution in [0.25, 0.3) is 11.4 Å². The van der Waals surface area contributed by atoms with Gasteiger partial charge in [0.2, 0.25) is 0 Å². The Balaban J connectivity index is 1.77. The molecule has 0 aliphatic heterocycles. The number of carboxylic acid groups (broad SMARTS) is 1. The largest absolute Gasteiger partial charge is 0.478 e. The average molecular weight is 403 g/mol. The van der Waals surface area contributed by atoms with Crippen LogP contribution < -0.4 is 5.32 Å². The number of amides is 1. The van der Waals surface area contributed by atoms with E-state index in [2.05, 4.69) is 25.6 Å². The number of halogens is 1. The minimum absolute atomic E-state index is 0.0312. The lowest BCUT2D eigenvalue weighted by Gasteiger charge is -2.15. The average Bonchev–Trinajstić information content (AvgIpc) is 3.02. The van der Waals surface area contributed by atoms with Crippen molar-refractivity contribution >= 4 is 29.5 Å². The number of hydrogen-bond acceptors (Lipinski definition) is 7. The molecule has 0 aromatic carbocycles. The molecule has 0 aliphatic rings. The number of nitrogens with one attached hydrogen (secondary N) is 1. The summed E-state index contributed by atoms with van der Waals surface area (Å²) >= 11 is 6.01. The van der Waals surface area contributed by atoms with Crippen LogP contribution in [0.4, 0.5) is 10.6 Å². The van der Waals surface area contributed by atoms with Crippen LogP contribution in [0.3, 0.4) is 0 Å². The Labute approximate surface area is 164 Å². The zero-order chi connectivity index (χ0) is 20.3. The van der Waals surface area contributed by atoms with Crippen LogP contribution in [-0.4, -0.2) is 42.1 Å². The van der Waals surface area contributed by atoms with Crippen molar-refractivity contribution in [1.29, 1.82) is 0 Å². The number of anilines is 1. The van der Waals surface area contributed by atoms with Gasteiger partial charge in [-0.1, -0.05) is 22.9 Å². The number of hydrogen-bond donors (Lipinski definition) is 2. The molecule has 3 aromatic heterocycles. The molecule has 0 fully saturated rings. The summed E-state index contributed by atoms with van der Waals surface area (Å²) in [6.45, 7) is 1.66. The Morgan fingerprint density at radius 2 is 2.07 bits per heavy atom. The van der Waals surface area contributed by atoms with E-state index in [0.29, 0.717) is 11.3 Å². The molecule has 3 rings (SSSR count). The van der Waals surface area contributed by atoms with Crippen molar-refractivity contribution in [2.45, 2.75) is 13.0 Å². The predicted octanol–water partition coefficient (Wildman–Crippen LogP) is 2.93. The Morgan fingerprint density at radius 3 is 2.71 bits per heavy atom. The van der Waals surface area contributed by atoms with Gasteiger partial charge in [-0.2, -0.15) is 0 Å². The quantitative estimate of drug-likeness (QED) is 0.622. The number of aryl methyl sites for hydroxylation is 1. The van der Waals surface area contributed by atoms with Crippen molar-refractivity contribution < 1.29 is 19.4 Å². The number of rotatable bonds is 5. The predicted molar refractivity (Wildman–Crippen MR) is 99.0 cm³/mol. The normalized spacial score (nSPS) is 11.7. The Bertz CT molecular complexity index is 1020. The molecule has 0 bridgehead atoms. The second-order valence-corrected chi connectivity index (χ2v) is 6.06. The summed E-state index contributed by atoms with van der Waals surface area (Å²) in [5.74, 6) is -0.853. The third-order valence-electron chi connectivity index (χ3n) is 3.81. The molecule has 0 unspecified atom stereocenters. The molecular weight excluding hydrogens is 388 g/mol. The van der Waals surface area contributed by atoms with Gasteiger partial charge in [-0.3, -0.25) is 10.3 Å². The monoisotopic (exact) mass is 402 g/mol. The maximum atomic E-state index is 12.3.